The Balaban J connectivity index is 1.56. The van der Waals surface area contributed by atoms with E-state index < -0.39 is 0 Å². The summed E-state index contributed by atoms with van der Waals surface area (Å²) in [5.74, 6) is 2.84. The Morgan fingerprint density at radius 3 is 2.59 bits per heavy atom. The highest BCUT2D eigenvalue weighted by molar-refractivity contribution is 5.29. The van der Waals surface area contributed by atoms with Gasteiger partial charge in [0, 0.05) is 19.5 Å². The van der Waals surface area contributed by atoms with Crippen molar-refractivity contribution in [2.75, 3.05) is 11.9 Å². The number of nitrogens with one attached hydrogen (secondary N) is 1. The zero-order valence-electron chi connectivity index (χ0n) is 13.1. The summed E-state index contributed by atoms with van der Waals surface area (Å²) in [7, 11) is 2.05. The van der Waals surface area contributed by atoms with E-state index in [0.717, 1.165) is 24.7 Å². The first-order valence-electron chi connectivity index (χ1n) is 8.15. The molecular formula is C17H24N4O. The molecule has 0 saturated heterocycles. The minimum atomic E-state index is 0.308. The number of phenols is 1. The van der Waals surface area contributed by atoms with Gasteiger partial charge in [0.05, 0.1) is 0 Å². The van der Waals surface area contributed by atoms with Crippen LogP contribution in [0.25, 0.3) is 0 Å². The summed E-state index contributed by atoms with van der Waals surface area (Å²) in [6.07, 6.45) is 7.33. The molecule has 1 saturated carbocycles. The normalized spacial score (nSPS) is 15.9. The smallest absolute Gasteiger partial charge is 0.224 e. The zero-order chi connectivity index (χ0) is 15.4. The van der Waals surface area contributed by atoms with Crippen LogP contribution >= 0.6 is 0 Å². The number of aromatic hydroxyl groups is 1. The first-order chi connectivity index (χ1) is 10.7. The van der Waals surface area contributed by atoms with Crippen LogP contribution in [0.1, 0.15) is 49.4 Å². The number of phenolic OH excluding ortho intramolecular Hbond substituents is 1. The highest BCUT2D eigenvalue weighted by Gasteiger charge is 2.21. The Morgan fingerprint density at radius 2 is 1.86 bits per heavy atom. The summed E-state index contributed by atoms with van der Waals surface area (Å²) in [4.78, 5) is 0. The molecule has 5 heteroatoms. The summed E-state index contributed by atoms with van der Waals surface area (Å²) in [5.41, 5.74) is 1.19. The molecule has 1 aliphatic rings. The Labute approximate surface area is 131 Å². The van der Waals surface area contributed by atoms with E-state index in [2.05, 4.69) is 20.1 Å². The third kappa shape index (κ3) is 3.40. The Hall–Kier alpha value is -2.04. The minimum Gasteiger partial charge on any atom is -0.508 e. The number of benzene rings is 1. The van der Waals surface area contributed by atoms with E-state index in [1.54, 1.807) is 12.1 Å². The first kappa shape index (κ1) is 14.9. The maximum absolute atomic E-state index is 9.29. The number of nitrogens with zero attached hydrogens (tertiary/aromatic N) is 3. The van der Waals surface area contributed by atoms with Gasteiger partial charge in [0.25, 0.3) is 0 Å². The van der Waals surface area contributed by atoms with Gasteiger partial charge in [-0.2, -0.15) is 0 Å². The largest absolute Gasteiger partial charge is 0.508 e. The molecule has 118 valence electrons. The molecule has 1 aromatic carbocycles. The Bertz CT molecular complexity index is 600. The standard InChI is InChI=1S/C17H24N4O/c1-21-16(14-5-3-2-4-6-14)19-20-17(21)18-12-11-13-7-9-15(22)10-8-13/h7-10,14,22H,2-6,11-12H2,1H3,(H,18,20). The monoisotopic (exact) mass is 300 g/mol. The summed E-state index contributed by atoms with van der Waals surface area (Å²) in [5, 5.41) is 21.3. The van der Waals surface area contributed by atoms with Gasteiger partial charge < -0.3 is 15.0 Å². The molecule has 3 rings (SSSR count). The molecule has 1 aromatic heterocycles. The van der Waals surface area contributed by atoms with Crippen LogP contribution in [-0.4, -0.2) is 26.4 Å². The van der Waals surface area contributed by atoms with Crippen LogP contribution in [0.3, 0.4) is 0 Å². The second-order valence-electron chi connectivity index (χ2n) is 6.12. The van der Waals surface area contributed by atoms with Crippen molar-refractivity contribution >= 4 is 5.95 Å². The van der Waals surface area contributed by atoms with Gasteiger partial charge in [-0.1, -0.05) is 31.4 Å². The van der Waals surface area contributed by atoms with Crippen LogP contribution < -0.4 is 5.32 Å². The third-order valence-electron chi connectivity index (χ3n) is 4.51. The fourth-order valence-corrected chi connectivity index (χ4v) is 3.19. The fourth-order valence-electron chi connectivity index (χ4n) is 3.19. The third-order valence-corrected chi connectivity index (χ3v) is 4.51. The van der Waals surface area contributed by atoms with Crippen molar-refractivity contribution in [3.8, 4) is 5.75 Å². The second kappa shape index (κ2) is 6.81. The van der Waals surface area contributed by atoms with Gasteiger partial charge in [-0.05, 0) is 37.0 Å². The predicted octanol–water partition coefficient (Wildman–Crippen LogP) is 3.22. The molecule has 1 aliphatic carbocycles. The van der Waals surface area contributed by atoms with Crippen molar-refractivity contribution in [2.45, 2.75) is 44.4 Å². The Kier molecular flexibility index (Phi) is 4.61. The lowest BCUT2D eigenvalue weighted by atomic mass is 9.89. The van der Waals surface area contributed by atoms with Crippen LogP contribution in [0.5, 0.6) is 5.75 Å². The summed E-state index contributed by atoms with van der Waals surface area (Å²) < 4.78 is 2.10. The highest BCUT2D eigenvalue weighted by atomic mass is 16.3. The molecule has 0 amide bonds. The van der Waals surface area contributed by atoms with E-state index in [4.69, 9.17) is 0 Å². The van der Waals surface area contributed by atoms with Gasteiger partial charge in [-0.3, -0.25) is 0 Å². The number of rotatable bonds is 5. The number of aromatic nitrogens is 3. The van der Waals surface area contributed by atoms with E-state index >= 15 is 0 Å². The SMILES string of the molecule is Cn1c(NCCc2ccc(O)cc2)nnc1C1CCCCC1. The van der Waals surface area contributed by atoms with Gasteiger partial charge in [0.15, 0.2) is 0 Å². The van der Waals surface area contributed by atoms with Gasteiger partial charge in [-0.25, -0.2) is 0 Å². The van der Waals surface area contributed by atoms with Crippen molar-refractivity contribution in [1.29, 1.82) is 0 Å². The molecule has 0 radical (unpaired) electrons. The number of hydrogen-bond acceptors (Lipinski definition) is 4. The van der Waals surface area contributed by atoms with E-state index in [9.17, 15) is 5.11 Å². The summed E-state index contributed by atoms with van der Waals surface area (Å²) >= 11 is 0. The molecule has 0 unspecified atom stereocenters. The average molecular weight is 300 g/mol. The molecule has 2 aromatic rings. The van der Waals surface area contributed by atoms with Crippen LogP contribution in [0, 0.1) is 0 Å². The van der Waals surface area contributed by atoms with Gasteiger partial charge in [0.1, 0.15) is 11.6 Å². The Morgan fingerprint density at radius 1 is 1.14 bits per heavy atom. The second-order valence-corrected chi connectivity index (χ2v) is 6.12. The molecule has 0 aliphatic heterocycles. The molecule has 5 nitrogen and oxygen atoms in total. The van der Waals surface area contributed by atoms with E-state index in [1.807, 2.05) is 19.2 Å². The fraction of sp³-hybridized carbons (Fsp3) is 0.529. The molecule has 0 bridgehead atoms. The molecule has 0 atom stereocenters. The van der Waals surface area contributed by atoms with Gasteiger partial charge >= 0.3 is 0 Å². The minimum absolute atomic E-state index is 0.308. The lowest BCUT2D eigenvalue weighted by Gasteiger charge is -2.20. The van der Waals surface area contributed by atoms with Crippen LogP contribution in [0.4, 0.5) is 5.95 Å². The molecule has 2 N–H and O–H groups in total. The van der Waals surface area contributed by atoms with Gasteiger partial charge in [0.2, 0.25) is 5.95 Å². The van der Waals surface area contributed by atoms with E-state index in [0.29, 0.717) is 11.7 Å². The van der Waals surface area contributed by atoms with E-state index in [1.165, 1.54) is 37.7 Å². The van der Waals surface area contributed by atoms with Crippen molar-refractivity contribution in [1.82, 2.24) is 14.8 Å². The first-order valence-corrected chi connectivity index (χ1v) is 8.15. The van der Waals surface area contributed by atoms with Crippen molar-refractivity contribution in [2.24, 2.45) is 7.05 Å². The van der Waals surface area contributed by atoms with Crippen molar-refractivity contribution in [3.63, 3.8) is 0 Å². The van der Waals surface area contributed by atoms with E-state index in [-0.39, 0.29) is 0 Å². The topological polar surface area (TPSA) is 63.0 Å². The average Bonchev–Trinajstić information content (AvgIpc) is 2.91. The van der Waals surface area contributed by atoms with Crippen molar-refractivity contribution < 1.29 is 5.11 Å². The molecular weight excluding hydrogens is 276 g/mol. The molecule has 1 fully saturated rings. The summed E-state index contributed by atoms with van der Waals surface area (Å²) in [6.45, 7) is 0.807. The van der Waals surface area contributed by atoms with Crippen LogP contribution in [0.15, 0.2) is 24.3 Å². The summed E-state index contributed by atoms with van der Waals surface area (Å²) in [6, 6.07) is 7.33. The lowest BCUT2D eigenvalue weighted by Crippen LogP contribution is -2.13. The number of anilines is 1. The zero-order valence-corrected chi connectivity index (χ0v) is 13.1. The molecule has 1 heterocycles. The van der Waals surface area contributed by atoms with Crippen molar-refractivity contribution in [3.05, 3.63) is 35.7 Å². The van der Waals surface area contributed by atoms with Gasteiger partial charge in [-0.15, -0.1) is 10.2 Å². The number of hydrogen-bond donors (Lipinski definition) is 2. The predicted molar refractivity (Wildman–Crippen MR) is 87.1 cm³/mol. The highest BCUT2D eigenvalue weighted by Crippen LogP contribution is 2.31. The molecule has 0 spiro atoms. The van der Waals surface area contributed by atoms with Crippen LogP contribution in [-0.2, 0) is 13.5 Å². The quantitative estimate of drug-likeness (QED) is 0.890. The molecule has 22 heavy (non-hydrogen) atoms. The van der Waals surface area contributed by atoms with Crippen LogP contribution in [0.2, 0.25) is 0 Å². The maximum Gasteiger partial charge on any atom is 0.224 e. The maximum atomic E-state index is 9.29. The lowest BCUT2D eigenvalue weighted by molar-refractivity contribution is 0.421.